The van der Waals surface area contributed by atoms with E-state index in [1.54, 1.807) is 6.20 Å². The highest BCUT2D eigenvalue weighted by Crippen LogP contribution is 2.34. The minimum Gasteiger partial charge on any atom is -0.487 e. The molecule has 1 aromatic heterocycles. The Kier molecular flexibility index (Phi) is 7.95. The van der Waals surface area contributed by atoms with Gasteiger partial charge in [-0.25, -0.2) is 9.97 Å². The highest BCUT2D eigenvalue weighted by atomic mass is 16.5. The lowest BCUT2D eigenvalue weighted by molar-refractivity contribution is -0.119. The topological polar surface area (TPSA) is 106 Å². The molecule has 4 aromatic rings. The minimum absolute atomic E-state index is 0.244. The van der Waals surface area contributed by atoms with Crippen molar-refractivity contribution in [2.75, 3.05) is 48.0 Å². The van der Waals surface area contributed by atoms with Gasteiger partial charge in [0.2, 0.25) is 11.9 Å². The van der Waals surface area contributed by atoms with Crippen LogP contribution < -0.4 is 25.6 Å². The largest absolute Gasteiger partial charge is 0.487 e. The van der Waals surface area contributed by atoms with Crippen molar-refractivity contribution in [2.45, 2.75) is 25.5 Å². The van der Waals surface area contributed by atoms with Crippen molar-refractivity contribution in [3.63, 3.8) is 0 Å². The van der Waals surface area contributed by atoms with Crippen LogP contribution in [0, 0.1) is 0 Å². The van der Waals surface area contributed by atoms with Gasteiger partial charge in [0.25, 0.3) is 0 Å². The Balaban J connectivity index is 1.20. The number of rotatable bonds is 9. The number of anilines is 4. The van der Waals surface area contributed by atoms with E-state index in [1.807, 2.05) is 60.7 Å². The maximum absolute atomic E-state index is 11.8. The summed E-state index contributed by atoms with van der Waals surface area (Å²) in [5.74, 6) is 1.02. The average molecular weight is 551 g/mol. The zero-order valence-electron chi connectivity index (χ0n) is 22.9. The summed E-state index contributed by atoms with van der Waals surface area (Å²) in [6, 6.07) is 26.0. The molecule has 1 amide bonds. The zero-order chi connectivity index (χ0) is 28.0. The molecule has 3 heterocycles. The normalized spacial score (nSPS) is 16.9. The van der Waals surface area contributed by atoms with E-state index in [1.165, 1.54) is 0 Å². The molecular weight excluding hydrogens is 516 g/mol. The molecule has 0 aliphatic carbocycles. The van der Waals surface area contributed by atoms with Crippen LogP contribution >= 0.6 is 0 Å². The number of hydrogen-bond acceptors (Lipinski definition) is 8. The molecule has 9 heteroatoms. The number of benzene rings is 3. The Hall–Kier alpha value is -4.63. The highest BCUT2D eigenvalue weighted by Gasteiger charge is 2.29. The molecule has 0 saturated carbocycles. The van der Waals surface area contributed by atoms with E-state index >= 15 is 0 Å². The number of nitrogens with two attached hydrogens (primary N) is 1. The van der Waals surface area contributed by atoms with Crippen LogP contribution in [0.5, 0.6) is 5.75 Å². The summed E-state index contributed by atoms with van der Waals surface area (Å²) in [5, 5.41) is 3.35. The van der Waals surface area contributed by atoms with E-state index in [0.717, 1.165) is 72.1 Å². The van der Waals surface area contributed by atoms with Gasteiger partial charge in [0, 0.05) is 48.8 Å². The second-order valence-corrected chi connectivity index (χ2v) is 10.2. The number of hydrogen-bond donors (Lipinski definition) is 2. The van der Waals surface area contributed by atoms with E-state index in [4.69, 9.17) is 20.2 Å². The number of carbonyl (C=O) groups is 1. The van der Waals surface area contributed by atoms with Crippen LogP contribution in [0.3, 0.4) is 0 Å². The first-order valence-electron chi connectivity index (χ1n) is 14.0. The van der Waals surface area contributed by atoms with Gasteiger partial charge in [-0.2, -0.15) is 0 Å². The SMILES string of the molecule is NC(=O)[C@H]1CCCN1c1ccc(-c2ccnc(Nc3ccc(N4CCOCC4)c(OCc4ccccc4)c3)n2)cc1. The summed E-state index contributed by atoms with van der Waals surface area (Å²) in [5.41, 5.74) is 11.3. The van der Waals surface area contributed by atoms with Gasteiger partial charge in [-0.3, -0.25) is 4.79 Å². The third-order valence-electron chi connectivity index (χ3n) is 7.54. The first kappa shape index (κ1) is 26.6. The van der Waals surface area contributed by atoms with Crippen molar-refractivity contribution in [1.82, 2.24) is 9.97 Å². The van der Waals surface area contributed by atoms with Crippen molar-refractivity contribution < 1.29 is 14.3 Å². The summed E-state index contributed by atoms with van der Waals surface area (Å²) in [4.78, 5) is 25.4. The van der Waals surface area contributed by atoms with E-state index in [9.17, 15) is 4.79 Å². The second kappa shape index (κ2) is 12.3. The fraction of sp³-hybridized carbons (Fsp3) is 0.281. The van der Waals surface area contributed by atoms with Crippen LogP contribution in [0.1, 0.15) is 18.4 Å². The number of aromatic nitrogens is 2. The van der Waals surface area contributed by atoms with E-state index < -0.39 is 0 Å². The highest BCUT2D eigenvalue weighted by molar-refractivity contribution is 5.84. The lowest BCUT2D eigenvalue weighted by Crippen LogP contribution is -2.40. The molecule has 2 aliphatic rings. The second-order valence-electron chi connectivity index (χ2n) is 10.2. The first-order chi connectivity index (χ1) is 20.1. The molecule has 2 aliphatic heterocycles. The van der Waals surface area contributed by atoms with Gasteiger partial charge < -0.3 is 30.3 Å². The monoisotopic (exact) mass is 550 g/mol. The van der Waals surface area contributed by atoms with Crippen molar-refractivity contribution >= 4 is 28.9 Å². The van der Waals surface area contributed by atoms with Crippen molar-refractivity contribution in [2.24, 2.45) is 5.73 Å². The fourth-order valence-corrected chi connectivity index (χ4v) is 5.41. The number of morpholine rings is 1. The Morgan fingerprint density at radius 2 is 1.80 bits per heavy atom. The third kappa shape index (κ3) is 6.25. The molecule has 6 rings (SSSR count). The molecule has 2 saturated heterocycles. The van der Waals surface area contributed by atoms with Crippen LogP contribution in [0.15, 0.2) is 85.1 Å². The van der Waals surface area contributed by atoms with Crippen molar-refractivity contribution in [1.29, 1.82) is 0 Å². The predicted molar refractivity (Wildman–Crippen MR) is 161 cm³/mol. The molecule has 1 atom stereocenters. The van der Waals surface area contributed by atoms with Gasteiger partial charge >= 0.3 is 0 Å². The van der Waals surface area contributed by atoms with Gasteiger partial charge in [-0.05, 0) is 48.7 Å². The Morgan fingerprint density at radius 1 is 1.00 bits per heavy atom. The molecule has 2 fully saturated rings. The average Bonchev–Trinajstić information content (AvgIpc) is 3.52. The molecule has 3 aromatic carbocycles. The van der Waals surface area contributed by atoms with Gasteiger partial charge in [0.1, 0.15) is 18.4 Å². The molecule has 210 valence electrons. The lowest BCUT2D eigenvalue weighted by Gasteiger charge is -2.30. The van der Waals surface area contributed by atoms with Crippen molar-refractivity contribution in [3.05, 3.63) is 90.6 Å². The summed E-state index contributed by atoms with van der Waals surface area (Å²) in [7, 11) is 0. The quantitative estimate of drug-likeness (QED) is 0.307. The van der Waals surface area contributed by atoms with Gasteiger partial charge in [0.15, 0.2) is 0 Å². The van der Waals surface area contributed by atoms with Crippen LogP contribution in [-0.2, 0) is 16.1 Å². The number of nitrogens with one attached hydrogen (secondary N) is 1. The van der Waals surface area contributed by atoms with Gasteiger partial charge in [0.05, 0.1) is 24.6 Å². The minimum atomic E-state index is -0.273. The first-order valence-corrected chi connectivity index (χ1v) is 14.0. The number of nitrogens with zero attached hydrogens (tertiary/aromatic N) is 4. The van der Waals surface area contributed by atoms with E-state index in [0.29, 0.717) is 25.8 Å². The molecule has 0 unspecified atom stereocenters. The predicted octanol–water partition coefficient (Wildman–Crippen LogP) is 4.76. The molecule has 0 spiro atoms. The number of ether oxygens (including phenoxy) is 2. The zero-order valence-corrected chi connectivity index (χ0v) is 22.9. The van der Waals surface area contributed by atoms with Crippen molar-refractivity contribution in [3.8, 4) is 17.0 Å². The number of carbonyl (C=O) groups excluding carboxylic acids is 1. The lowest BCUT2D eigenvalue weighted by atomic mass is 10.1. The molecular formula is C32H34N6O3. The Morgan fingerprint density at radius 3 is 2.59 bits per heavy atom. The fourth-order valence-electron chi connectivity index (χ4n) is 5.41. The smallest absolute Gasteiger partial charge is 0.240 e. The van der Waals surface area contributed by atoms with E-state index in [2.05, 4.69) is 38.3 Å². The van der Waals surface area contributed by atoms with Crippen LogP contribution in [0.2, 0.25) is 0 Å². The molecule has 3 N–H and O–H groups in total. The molecule has 0 radical (unpaired) electrons. The molecule has 41 heavy (non-hydrogen) atoms. The Labute approximate surface area is 239 Å². The summed E-state index contributed by atoms with van der Waals surface area (Å²) in [6.45, 7) is 4.34. The maximum atomic E-state index is 11.8. The summed E-state index contributed by atoms with van der Waals surface area (Å²) in [6.07, 6.45) is 3.50. The third-order valence-corrected chi connectivity index (χ3v) is 7.54. The Bertz CT molecular complexity index is 1470. The molecule has 9 nitrogen and oxygen atoms in total. The van der Waals surface area contributed by atoms with Crippen LogP contribution in [0.25, 0.3) is 11.3 Å². The number of amides is 1. The van der Waals surface area contributed by atoms with Gasteiger partial charge in [-0.15, -0.1) is 0 Å². The van der Waals surface area contributed by atoms with Gasteiger partial charge in [-0.1, -0.05) is 42.5 Å². The van der Waals surface area contributed by atoms with Crippen LogP contribution in [-0.4, -0.2) is 54.8 Å². The molecule has 0 bridgehead atoms. The van der Waals surface area contributed by atoms with E-state index in [-0.39, 0.29) is 11.9 Å². The number of primary amides is 1. The van der Waals surface area contributed by atoms with Crippen LogP contribution in [0.4, 0.5) is 23.0 Å². The standard InChI is InChI=1S/C32H34N6O3/c33-31(39)29-7-4-16-38(29)26-11-8-24(9-12-26)27-14-15-34-32(36-27)35-25-10-13-28(37-17-19-40-20-18-37)30(21-25)41-22-23-5-2-1-3-6-23/h1-3,5-6,8-15,21,29H,4,7,16-20,22H2,(H2,33,39)(H,34,35,36)/t29-/m1/s1. The summed E-state index contributed by atoms with van der Waals surface area (Å²) < 4.78 is 11.9. The maximum Gasteiger partial charge on any atom is 0.240 e. The summed E-state index contributed by atoms with van der Waals surface area (Å²) >= 11 is 0.